The zero-order valence-electron chi connectivity index (χ0n) is 20.0. The van der Waals surface area contributed by atoms with Crippen LogP contribution in [0.4, 0.5) is 5.69 Å². The first-order chi connectivity index (χ1) is 16.4. The van der Waals surface area contributed by atoms with Crippen LogP contribution in [0.1, 0.15) is 59.6 Å². The molecular weight excluding hydrogens is 444 g/mol. The second kappa shape index (κ2) is 10.5. The fourth-order valence-corrected chi connectivity index (χ4v) is 5.26. The number of nitrogens with zero attached hydrogens (tertiary/aromatic N) is 2. The van der Waals surface area contributed by atoms with Crippen LogP contribution in [0, 0.1) is 5.92 Å². The van der Waals surface area contributed by atoms with Crippen LogP contribution in [-0.4, -0.2) is 25.8 Å². The van der Waals surface area contributed by atoms with Gasteiger partial charge in [0.05, 0.1) is 28.1 Å². The summed E-state index contributed by atoms with van der Waals surface area (Å²) in [6.07, 6.45) is 1.68. The van der Waals surface area contributed by atoms with Crippen LogP contribution in [0.15, 0.2) is 65.7 Å². The minimum Gasteiger partial charge on any atom is -0.399 e. The lowest BCUT2D eigenvalue weighted by atomic mass is 9.99. The Labute approximate surface area is 204 Å². The maximum Gasteiger partial charge on any atom is 0.253 e. The molecule has 2 heterocycles. The average Bonchev–Trinajstić information content (AvgIpc) is 3.21. The van der Waals surface area contributed by atoms with E-state index in [-0.39, 0.29) is 11.9 Å². The number of rotatable bonds is 8. The molecule has 3 aromatic rings. The number of hydrogen-bond donors (Lipinski definition) is 2. The zero-order valence-corrected chi connectivity index (χ0v) is 20.8. The van der Waals surface area contributed by atoms with Crippen molar-refractivity contribution in [1.29, 1.82) is 0 Å². The Morgan fingerprint density at radius 2 is 1.82 bits per heavy atom. The van der Waals surface area contributed by atoms with Gasteiger partial charge in [-0.2, -0.15) is 0 Å². The summed E-state index contributed by atoms with van der Waals surface area (Å²) in [6, 6.07) is 17.7. The first-order valence-electron chi connectivity index (χ1n) is 11.7. The van der Waals surface area contributed by atoms with Crippen LogP contribution in [0.5, 0.6) is 0 Å². The molecule has 0 radical (unpaired) electrons. The van der Waals surface area contributed by atoms with Gasteiger partial charge < -0.3 is 11.1 Å². The molecule has 178 valence electrons. The van der Waals surface area contributed by atoms with E-state index in [1.165, 1.54) is 5.56 Å². The predicted molar refractivity (Wildman–Crippen MR) is 136 cm³/mol. The van der Waals surface area contributed by atoms with Crippen molar-refractivity contribution < 1.29 is 9.00 Å². The van der Waals surface area contributed by atoms with Crippen LogP contribution in [0.2, 0.25) is 0 Å². The summed E-state index contributed by atoms with van der Waals surface area (Å²) in [5.74, 6) is 0.845. The molecule has 7 heteroatoms. The number of carbonyl (C=O) groups is 1. The Balaban J connectivity index is 1.44. The molecule has 2 aromatic carbocycles. The van der Waals surface area contributed by atoms with Crippen molar-refractivity contribution in [3.63, 3.8) is 0 Å². The van der Waals surface area contributed by atoms with Gasteiger partial charge in [0.1, 0.15) is 0 Å². The van der Waals surface area contributed by atoms with E-state index < -0.39 is 10.8 Å². The van der Waals surface area contributed by atoms with Crippen LogP contribution in [0.3, 0.4) is 0 Å². The molecule has 0 fully saturated rings. The number of nitrogens with one attached hydrogen (secondary N) is 1. The van der Waals surface area contributed by atoms with Crippen molar-refractivity contribution in [3.8, 4) is 0 Å². The Morgan fingerprint density at radius 1 is 1.15 bits per heavy atom. The fraction of sp³-hybridized carbons (Fsp3) is 0.333. The molecular formula is C27H32N4O2S. The van der Waals surface area contributed by atoms with Crippen LogP contribution in [-0.2, 0) is 30.4 Å². The molecule has 34 heavy (non-hydrogen) atoms. The van der Waals surface area contributed by atoms with E-state index in [0.29, 0.717) is 23.8 Å². The molecule has 0 saturated heterocycles. The number of anilines is 1. The van der Waals surface area contributed by atoms with E-state index in [1.54, 1.807) is 6.20 Å². The number of nitrogens with two attached hydrogens (primary N) is 1. The maximum absolute atomic E-state index is 12.8. The van der Waals surface area contributed by atoms with Gasteiger partial charge in [0, 0.05) is 42.2 Å². The molecule has 6 nitrogen and oxygen atoms in total. The van der Waals surface area contributed by atoms with Crippen molar-refractivity contribution in [2.45, 2.75) is 51.3 Å². The van der Waals surface area contributed by atoms with Gasteiger partial charge in [-0.25, -0.2) is 0 Å². The van der Waals surface area contributed by atoms with Gasteiger partial charge in [-0.15, -0.1) is 0 Å². The van der Waals surface area contributed by atoms with Crippen LogP contribution >= 0.6 is 0 Å². The molecule has 2 atom stereocenters. The summed E-state index contributed by atoms with van der Waals surface area (Å²) < 4.78 is 11.9. The minimum absolute atomic E-state index is 0.144. The second-order valence-electron chi connectivity index (χ2n) is 9.06. The minimum atomic E-state index is -0.970. The molecule has 0 spiro atoms. The van der Waals surface area contributed by atoms with E-state index in [2.05, 4.69) is 36.2 Å². The summed E-state index contributed by atoms with van der Waals surface area (Å²) in [6.45, 7) is 8.29. The summed E-state index contributed by atoms with van der Waals surface area (Å²) in [7, 11) is -0.970. The summed E-state index contributed by atoms with van der Waals surface area (Å²) in [5, 5.41) is 2.98. The molecule has 0 saturated carbocycles. The normalized spacial score (nSPS) is 16.4. The summed E-state index contributed by atoms with van der Waals surface area (Å²) in [4.78, 5) is 20.8. The van der Waals surface area contributed by atoms with Gasteiger partial charge in [-0.05, 0) is 52.9 Å². The zero-order chi connectivity index (χ0) is 24.2. The van der Waals surface area contributed by atoms with E-state index in [1.807, 2.05) is 49.4 Å². The highest BCUT2D eigenvalue weighted by molar-refractivity contribution is 7.85. The van der Waals surface area contributed by atoms with Gasteiger partial charge in [-0.1, -0.05) is 45.0 Å². The smallest absolute Gasteiger partial charge is 0.253 e. The molecule has 1 aliphatic rings. The first kappa shape index (κ1) is 24.1. The number of hydrogen-bond acceptors (Lipinski definition) is 5. The highest BCUT2D eigenvalue weighted by Crippen LogP contribution is 2.38. The number of fused-ring (bicyclic) bond motifs is 1. The lowest BCUT2D eigenvalue weighted by Gasteiger charge is -2.27. The Kier molecular flexibility index (Phi) is 7.44. The molecule has 2 unspecified atom stereocenters. The Morgan fingerprint density at radius 3 is 2.47 bits per heavy atom. The molecule has 0 bridgehead atoms. The van der Waals surface area contributed by atoms with Crippen molar-refractivity contribution in [2.75, 3.05) is 11.5 Å². The molecule has 1 aliphatic heterocycles. The number of benzene rings is 2. The molecule has 1 amide bonds. The van der Waals surface area contributed by atoms with E-state index in [4.69, 9.17) is 10.7 Å². The fourth-order valence-electron chi connectivity index (χ4n) is 4.49. The Bertz CT molecular complexity index is 1180. The molecule has 3 N–H and O–H groups in total. The molecule has 4 rings (SSSR count). The SMILES string of the molecule is CCS(=O)c1ccc(CNC(=O)c2cnc3c(c2)CN(Cc2ccc(N)cc2)C3C(C)C)cc1. The topological polar surface area (TPSA) is 88.3 Å². The number of carbonyl (C=O) groups excluding carboxylic acids is 1. The summed E-state index contributed by atoms with van der Waals surface area (Å²) in [5.41, 5.74) is 11.5. The van der Waals surface area contributed by atoms with Gasteiger partial charge in [0.15, 0.2) is 0 Å². The van der Waals surface area contributed by atoms with E-state index in [0.717, 1.165) is 40.5 Å². The summed E-state index contributed by atoms with van der Waals surface area (Å²) >= 11 is 0. The average molecular weight is 477 g/mol. The molecule has 0 aliphatic carbocycles. The lowest BCUT2D eigenvalue weighted by molar-refractivity contribution is 0.0950. The largest absolute Gasteiger partial charge is 0.399 e. The third-order valence-corrected chi connectivity index (χ3v) is 7.53. The third kappa shape index (κ3) is 5.37. The van der Waals surface area contributed by atoms with Crippen LogP contribution in [0.25, 0.3) is 0 Å². The van der Waals surface area contributed by atoms with Crippen molar-refractivity contribution in [3.05, 3.63) is 88.7 Å². The van der Waals surface area contributed by atoms with Crippen molar-refractivity contribution in [2.24, 2.45) is 5.92 Å². The van der Waals surface area contributed by atoms with Crippen molar-refractivity contribution in [1.82, 2.24) is 15.2 Å². The van der Waals surface area contributed by atoms with Gasteiger partial charge in [-0.3, -0.25) is 18.9 Å². The molecule has 1 aromatic heterocycles. The predicted octanol–water partition coefficient (Wildman–Crippen LogP) is 4.43. The van der Waals surface area contributed by atoms with Gasteiger partial charge in [0.25, 0.3) is 5.91 Å². The van der Waals surface area contributed by atoms with Crippen molar-refractivity contribution >= 4 is 22.4 Å². The highest BCUT2D eigenvalue weighted by atomic mass is 32.2. The number of pyridine rings is 1. The maximum atomic E-state index is 12.8. The number of amides is 1. The van der Waals surface area contributed by atoms with Gasteiger partial charge >= 0.3 is 0 Å². The third-order valence-electron chi connectivity index (χ3n) is 6.21. The second-order valence-corrected chi connectivity index (χ2v) is 10.8. The van der Waals surface area contributed by atoms with E-state index in [9.17, 15) is 9.00 Å². The number of nitrogen functional groups attached to an aromatic ring is 1. The van der Waals surface area contributed by atoms with E-state index >= 15 is 0 Å². The Hall–Kier alpha value is -3.03. The first-order valence-corrected chi connectivity index (χ1v) is 13.0. The standard InChI is InChI=1S/C27H32N4O2S/c1-4-34(33)24-11-7-19(8-12-24)14-30-27(32)21-13-22-17-31(16-20-5-9-23(28)10-6-20)26(18(2)3)25(22)29-15-21/h5-13,15,18,26H,4,14,16-17,28H2,1-3H3,(H,30,32). The van der Waals surface area contributed by atoms with Crippen LogP contribution < -0.4 is 11.1 Å². The van der Waals surface area contributed by atoms with Gasteiger partial charge in [0.2, 0.25) is 0 Å². The monoisotopic (exact) mass is 476 g/mol. The lowest BCUT2D eigenvalue weighted by Crippen LogP contribution is -2.25. The highest BCUT2D eigenvalue weighted by Gasteiger charge is 2.34. The quantitative estimate of drug-likeness (QED) is 0.470. The number of aromatic nitrogens is 1.